The molecule has 0 N–H and O–H groups in total. The summed E-state index contributed by atoms with van der Waals surface area (Å²) >= 11 is 0. The Bertz CT molecular complexity index is 789. The molecule has 206 valence electrons. The Labute approximate surface area is 197 Å². The van der Waals surface area contributed by atoms with Crippen molar-refractivity contribution in [3.8, 4) is 0 Å². The monoisotopic (exact) mass is 570 g/mol. The zero-order chi connectivity index (χ0) is 27.2. The molecule has 1 aliphatic heterocycles. The van der Waals surface area contributed by atoms with Gasteiger partial charge in [0.1, 0.15) is 6.17 Å². The number of rotatable bonds is 9. The fourth-order valence-corrected chi connectivity index (χ4v) is 7.28. The number of likely N-dealkylation sites (tertiary alicyclic amines) is 1. The number of sulfonamides is 2. The highest BCUT2D eigenvalue weighted by Gasteiger charge is 2.48. The van der Waals surface area contributed by atoms with E-state index in [0.29, 0.717) is 0 Å². The van der Waals surface area contributed by atoms with Crippen LogP contribution >= 0.6 is 0 Å². The topological polar surface area (TPSA) is 110 Å². The first-order valence-electron chi connectivity index (χ1n) is 9.95. The molecule has 0 aromatic heterocycles. The highest BCUT2D eigenvalue weighted by molar-refractivity contribution is 8.13. The number of hydrogen-bond acceptors (Lipinski definition) is 7. The van der Waals surface area contributed by atoms with Gasteiger partial charge in [0.05, 0.1) is 20.1 Å². The summed E-state index contributed by atoms with van der Waals surface area (Å²) in [6.07, 6.45) is 4.87. The summed E-state index contributed by atoms with van der Waals surface area (Å²) in [4.78, 5) is 0. The Kier molecular flexibility index (Phi) is 12.0. The van der Waals surface area contributed by atoms with Crippen molar-refractivity contribution >= 4 is 28.9 Å². The summed E-state index contributed by atoms with van der Waals surface area (Å²) in [5.41, 5.74) is -12.4. The molecule has 1 fully saturated rings. The Morgan fingerprint density at radius 3 is 1.50 bits per heavy atom. The fourth-order valence-electron chi connectivity index (χ4n) is 3.43. The molecule has 1 heterocycles. The summed E-state index contributed by atoms with van der Waals surface area (Å²) in [5, 5.41) is 0. The summed E-state index contributed by atoms with van der Waals surface area (Å²) in [6.45, 7) is 7.06. The van der Waals surface area contributed by atoms with Gasteiger partial charge in [0.25, 0.3) is 0 Å². The fraction of sp³-hybridized carbons (Fsp3) is 1.00. The van der Waals surface area contributed by atoms with Gasteiger partial charge in [0.15, 0.2) is 20.0 Å². The standard InChI is InChI=1S/C14H32NO3Si.C2F6NO4S2/c1-13(2)11-14-7-9-15(3,10-8-14)12-19(16-4,17-5)18-6;3-1(4,5)14(10,11)9-15(12,13)2(6,7)8/h13-14H,7-12H2,1-6H3;/q+1;-1. The van der Waals surface area contributed by atoms with Gasteiger partial charge in [-0.3, -0.25) is 0 Å². The molecule has 34 heavy (non-hydrogen) atoms. The third-order valence-electron chi connectivity index (χ3n) is 5.25. The molecule has 0 aromatic rings. The first kappa shape index (κ1) is 33.5. The van der Waals surface area contributed by atoms with E-state index in [-0.39, 0.29) is 0 Å². The van der Waals surface area contributed by atoms with E-state index in [9.17, 15) is 43.2 Å². The van der Waals surface area contributed by atoms with Crippen molar-refractivity contribution in [2.75, 3.05) is 47.6 Å². The van der Waals surface area contributed by atoms with Crippen LogP contribution in [0.4, 0.5) is 26.3 Å². The third-order valence-corrected chi connectivity index (χ3v) is 11.0. The molecule has 0 atom stereocenters. The van der Waals surface area contributed by atoms with Gasteiger partial charge in [-0.25, -0.2) is 16.8 Å². The Morgan fingerprint density at radius 2 is 1.24 bits per heavy atom. The summed E-state index contributed by atoms with van der Waals surface area (Å²) in [5.74, 6) is 1.71. The average molecular weight is 571 g/mol. The van der Waals surface area contributed by atoms with Gasteiger partial charge >= 0.3 is 19.8 Å². The van der Waals surface area contributed by atoms with Gasteiger partial charge in [0, 0.05) is 21.3 Å². The van der Waals surface area contributed by atoms with Crippen LogP contribution in [0.5, 0.6) is 0 Å². The van der Waals surface area contributed by atoms with E-state index in [4.69, 9.17) is 13.3 Å². The van der Waals surface area contributed by atoms with Crippen LogP contribution in [0.1, 0.15) is 33.1 Å². The molecule has 1 saturated heterocycles. The molecule has 0 aromatic carbocycles. The van der Waals surface area contributed by atoms with Gasteiger partial charge in [0.2, 0.25) is 0 Å². The molecule has 0 saturated carbocycles. The van der Waals surface area contributed by atoms with Crippen LogP contribution in [0.3, 0.4) is 0 Å². The summed E-state index contributed by atoms with van der Waals surface area (Å²) in [7, 11) is -8.48. The first-order valence-corrected chi connectivity index (χ1v) is 14.8. The minimum Gasteiger partial charge on any atom is -0.421 e. The van der Waals surface area contributed by atoms with Crippen LogP contribution in [-0.4, -0.2) is 88.8 Å². The summed E-state index contributed by atoms with van der Waals surface area (Å²) < 4.78 is 127. The van der Waals surface area contributed by atoms with Gasteiger partial charge in [-0.2, -0.15) is 26.3 Å². The van der Waals surface area contributed by atoms with Crippen LogP contribution in [0.25, 0.3) is 4.13 Å². The number of piperidine rings is 1. The van der Waals surface area contributed by atoms with E-state index in [1.807, 2.05) is 0 Å². The second-order valence-electron chi connectivity index (χ2n) is 8.51. The lowest BCUT2D eigenvalue weighted by atomic mass is 9.88. The highest BCUT2D eigenvalue weighted by atomic mass is 32.3. The van der Waals surface area contributed by atoms with Crippen molar-refractivity contribution in [1.82, 2.24) is 0 Å². The van der Waals surface area contributed by atoms with Crippen molar-refractivity contribution in [2.45, 2.75) is 44.1 Å². The largest absolute Gasteiger partial charge is 0.558 e. The maximum atomic E-state index is 11.4. The number of quaternary nitrogens is 1. The second-order valence-corrected chi connectivity index (χ2v) is 14.8. The van der Waals surface area contributed by atoms with Crippen molar-refractivity contribution in [3.05, 3.63) is 4.13 Å². The maximum Gasteiger partial charge on any atom is 0.558 e. The highest BCUT2D eigenvalue weighted by Crippen LogP contribution is 2.36. The smallest absolute Gasteiger partial charge is 0.421 e. The van der Waals surface area contributed by atoms with Crippen molar-refractivity contribution in [1.29, 1.82) is 0 Å². The van der Waals surface area contributed by atoms with Crippen LogP contribution in [0, 0.1) is 11.8 Å². The van der Waals surface area contributed by atoms with E-state index in [2.05, 4.69) is 20.9 Å². The van der Waals surface area contributed by atoms with Crippen molar-refractivity contribution in [2.24, 2.45) is 11.8 Å². The van der Waals surface area contributed by atoms with Crippen LogP contribution in [0.2, 0.25) is 0 Å². The van der Waals surface area contributed by atoms with Crippen LogP contribution < -0.4 is 0 Å². The van der Waals surface area contributed by atoms with Crippen molar-refractivity contribution < 1.29 is 60.9 Å². The first-order chi connectivity index (χ1) is 15.1. The van der Waals surface area contributed by atoms with Gasteiger partial charge in [-0.1, -0.05) is 13.8 Å². The minimum atomic E-state index is -6.72. The molecule has 18 heteroatoms. The van der Waals surface area contributed by atoms with Gasteiger partial charge in [-0.05, 0) is 31.1 Å². The molecule has 0 bridgehead atoms. The molecule has 0 radical (unpaired) electrons. The number of halogens is 6. The Hall–Kier alpha value is -0.503. The second kappa shape index (κ2) is 12.2. The molecule has 0 unspecified atom stereocenters. The average Bonchev–Trinajstić information content (AvgIpc) is 2.66. The Balaban J connectivity index is 0.000000661. The van der Waals surface area contributed by atoms with Gasteiger partial charge < -0.3 is 21.9 Å². The van der Waals surface area contributed by atoms with Crippen molar-refractivity contribution in [3.63, 3.8) is 0 Å². The number of alkyl halides is 6. The molecule has 0 amide bonds. The number of nitrogens with zero attached hydrogens (tertiary/aromatic N) is 2. The van der Waals surface area contributed by atoms with Crippen LogP contribution in [0.15, 0.2) is 0 Å². The molecular weight excluding hydrogens is 538 g/mol. The quantitative estimate of drug-likeness (QED) is 0.238. The van der Waals surface area contributed by atoms with E-state index < -0.39 is 39.9 Å². The molecule has 0 spiro atoms. The van der Waals surface area contributed by atoms with E-state index in [1.165, 1.54) is 32.4 Å². The molecule has 1 aliphatic rings. The lowest BCUT2D eigenvalue weighted by molar-refractivity contribution is -0.908. The minimum absolute atomic E-state index is 0.778. The zero-order valence-corrected chi connectivity index (χ0v) is 22.4. The molecule has 0 aliphatic carbocycles. The van der Waals surface area contributed by atoms with Crippen LogP contribution in [-0.2, 0) is 33.3 Å². The third kappa shape index (κ3) is 9.86. The lowest BCUT2D eigenvalue weighted by Gasteiger charge is -2.43. The normalized spacial score (nSPS) is 22.9. The van der Waals surface area contributed by atoms with Gasteiger partial charge in [-0.15, -0.1) is 0 Å². The molecule has 1 rings (SSSR count). The Morgan fingerprint density at radius 1 is 0.882 bits per heavy atom. The number of hydrogen-bond donors (Lipinski definition) is 0. The maximum absolute atomic E-state index is 11.4. The zero-order valence-electron chi connectivity index (χ0n) is 19.7. The predicted molar refractivity (Wildman–Crippen MR) is 113 cm³/mol. The lowest BCUT2D eigenvalue weighted by Crippen LogP contribution is -2.62. The van der Waals surface area contributed by atoms with E-state index in [1.54, 1.807) is 21.3 Å². The van der Waals surface area contributed by atoms with E-state index >= 15 is 0 Å². The molecule has 9 nitrogen and oxygen atoms in total. The predicted octanol–water partition coefficient (Wildman–Crippen LogP) is 3.37. The van der Waals surface area contributed by atoms with E-state index in [0.717, 1.165) is 26.6 Å². The summed E-state index contributed by atoms with van der Waals surface area (Å²) in [6, 6.07) is 0. The molecular formula is C16H32F6N2O7S2Si. The SMILES string of the molecule is CO[Si](C[N+]1(C)CCC(CC(C)C)CC1)(OC)OC.O=S(=O)([N-]S(=O)(=O)C(F)(F)F)C(F)(F)F.